The van der Waals surface area contributed by atoms with E-state index in [4.69, 9.17) is 14.6 Å². The Morgan fingerprint density at radius 3 is 3.05 bits per heavy atom. The molecule has 1 aromatic rings. The predicted molar refractivity (Wildman–Crippen MR) is 80.0 cm³/mol. The molecule has 3 heterocycles. The smallest absolute Gasteiger partial charge is 0.345 e. The van der Waals surface area contributed by atoms with E-state index >= 15 is 0 Å². The number of hydrogen-bond acceptors (Lipinski definition) is 5. The first kappa shape index (κ1) is 15.0. The van der Waals surface area contributed by atoms with Crippen LogP contribution in [0.2, 0.25) is 0 Å². The molecule has 5 nitrogen and oxygen atoms in total. The van der Waals surface area contributed by atoms with Gasteiger partial charge < -0.3 is 14.6 Å². The highest BCUT2D eigenvalue weighted by Gasteiger charge is 2.33. The van der Waals surface area contributed by atoms with Crippen LogP contribution in [0.1, 0.15) is 33.0 Å². The number of nitrogens with zero attached hydrogens (tertiary/aromatic N) is 1. The van der Waals surface area contributed by atoms with Crippen LogP contribution < -0.4 is 0 Å². The third kappa shape index (κ3) is 3.29. The van der Waals surface area contributed by atoms with E-state index in [1.807, 2.05) is 13.0 Å². The van der Waals surface area contributed by atoms with Gasteiger partial charge in [0.1, 0.15) is 4.88 Å². The van der Waals surface area contributed by atoms with Crippen molar-refractivity contribution in [3.63, 3.8) is 0 Å². The number of rotatable bonds is 4. The minimum atomic E-state index is -0.841. The topological polar surface area (TPSA) is 59.0 Å². The first-order valence-electron chi connectivity index (χ1n) is 7.41. The molecule has 2 saturated heterocycles. The Labute approximate surface area is 128 Å². The van der Waals surface area contributed by atoms with Gasteiger partial charge in [-0.2, -0.15) is 0 Å². The van der Waals surface area contributed by atoms with E-state index in [0.717, 1.165) is 49.6 Å². The maximum absolute atomic E-state index is 11.1. The van der Waals surface area contributed by atoms with Crippen molar-refractivity contribution in [1.29, 1.82) is 0 Å². The predicted octanol–water partition coefficient (Wildman–Crippen LogP) is 2.13. The summed E-state index contributed by atoms with van der Waals surface area (Å²) in [7, 11) is 0. The van der Waals surface area contributed by atoms with Crippen molar-refractivity contribution in [1.82, 2.24) is 4.90 Å². The van der Waals surface area contributed by atoms with Crippen LogP contribution in [-0.4, -0.2) is 54.5 Å². The fourth-order valence-electron chi connectivity index (χ4n) is 3.10. The van der Waals surface area contributed by atoms with Gasteiger partial charge in [-0.15, -0.1) is 11.3 Å². The van der Waals surface area contributed by atoms with Crippen LogP contribution in [0.25, 0.3) is 0 Å². The van der Waals surface area contributed by atoms with Crippen LogP contribution in [0.4, 0.5) is 0 Å². The quantitative estimate of drug-likeness (QED) is 0.923. The Bertz CT molecular complexity index is 510. The van der Waals surface area contributed by atoms with E-state index < -0.39 is 5.97 Å². The zero-order valence-corrected chi connectivity index (χ0v) is 13.0. The van der Waals surface area contributed by atoms with Gasteiger partial charge in [0.2, 0.25) is 0 Å². The van der Waals surface area contributed by atoms with Crippen molar-refractivity contribution in [2.24, 2.45) is 0 Å². The number of morpholine rings is 1. The summed E-state index contributed by atoms with van der Waals surface area (Å²) >= 11 is 1.36. The Morgan fingerprint density at radius 2 is 2.38 bits per heavy atom. The van der Waals surface area contributed by atoms with Gasteiger partial charge in [-0.05, 0) is 31.4 Å². The molecular weight excluding hydrogens is 290 g/mol. The largest absolute Gasteiger partial charge is 0.477 e. The van der Waals surface area contributed by atoms with Crippen molar-refractivity contribution >= 4 is 17.3 Å². The molecule has 6 heteroatoms. The molecule has 1 N–H and O–H groups in total. The molecule has 3 rings (SSSR count). The Hall–Kier alpha value is -0.950. The van der Waals surface area contributed by atoms with E-state index in [0.29, 0.717) is 11.5 Å². The molecule has 0 radical (unpaired) electrons. The first-order valence-corrected chi connectivity index (χ1v) is 8.23. The first-order chi connectivity index (χ1) is 10.1. The third-order valence-corrected chi connectivity index (χ3v) is 5.36. The zero-order chi connectivity index (χ0) is 14.8. The summed E-state index contributed by atoms with van der Waals surface area (Å²) < 4.78 is 11.4. The maximum atomic E-state index is 11.1. The van der Waals surface area contributed by atoms with E-state index in [1.54, 1.807) is 0 Å². The highest BCUT2D eigenvalue weighted by molar-refractivity contribution is 7.14. The fraction of sp³-hybridized carbons (Fsp3) is 0.667. The molecule has 0 aromatic carbocycles. The summed E-state index contributed by atoms with van der Waals surface area (Å²) in [5.41, 5.74) is 1.11. The fourth-order valence-corrected chi connectivity index (χ4v) is 3.98. The van der Waals surface area contributed by atoms with Crippen LogP contribution in [0.15, 0.2) is 6.07 Å². The molecular formula is C15H21NO4S. The van der Waals surface area contributed by atoms with Gasteiger partial charge in [0, 0.05) is 24.6 Å². The highest BCUT2D eigenvalue weighted by Crippen LogP contribution is 2.27. The molecule has 116 valence electrons. The molecule has 0 amide bonds. The summed E-state index contributed by atoms with van der Waals surface area (Å²) in [6, 6.07) is 2.10. The number of carbonyl (C=O) groups is 1. The second-order valence-corrected chi connectivity index (χ2v) is 6.92. The summed E-state index contributed by atoms with van der Waals surface area (Å²) in [6.45, 7) is 5.94. The summed E-state index contributed by atoms with van der Waals surface area (Å²) in [5.74, 6) is -0.841. The second kappa shape index (κ2) is 6.44. The molecule has 0 spiro atoms. The molecule has 2 aliphatic rings. The molecule has 2 aliphatic heterocycles. The van der Waals surface area contributed by atoms with Gasteiger partial charge in [0.15, 0.2) is 0 Å². The highest BCUT2D eigenvalue weighted by atomic mass is 32.1. The molecule has 0 bridgehead atoms. The zero-order valence-electron chi connectivity index (χ0n) is 12.2. The summed E-state index contributed by atoms with van der Waals surface area (Å²) in [5, 5.41) is 9.11. The third-order valence-electron chi connectivity index (χ3n) is 4.28. The lowest BCUT2D eigenvalue weighted by molar-refractivity contribution is -0.0685. The van der Waals surface area contributed by atoms with Crippen LogP contribution in [-0.2, 0) is 16.0 Å². The number of aromatic carboxylic acids is 1. The molecule has 1 aromatic heterocycles. The second-order valence-electron chi connectivity index (χ2n) is 5.66. The van der Waals surface area contributed by atoms with Crippen LogP contribution in [0.5, 0.6) is 0 Å². The molecule has 0 saturated carbocycles. The number of carboxylic acid groups (broad SMARTS) is 1. The number of aryl methyl sites for hydroxylation is 1. The lowest BCUT2D eigenvalue weighted by Gasteiger charge is -2.38. The lowest BCUT2D eigenvalue weighted by Crippen LogP contribution is -2.51. The minimum absolute atomic E-state index is 0.253. The number of ether oxygens (including phenoxy) is 2. The van der Waals surface area contributed by atoms with Gasteiger partial charge in [-0.3, -0.25) is 4.90 Å². The number of carboxylic acids is 1. The maximum Gasteiger partial charge on any atom is 0.345 e. The minimum Gasteiger partial charge on any atom is -0.477 e. The molecule has 2 atom stereocenters. The van der Waals surface area contributed by atoms with Gasteiger partial charge in [-0.25, -0.2) is 4.79 Å². The van der Waals surface area contributed by atoms with Crippen LogP contribution in [0, 0.1) is 6.92 Å². The molecule has 2 fully saturated rings. The summed E-state index contributed by atoms with van der Waals surface area (Å²) in [6.07, 6.45) is 2.46. The SMILES string of the molecule is Cc1sc(C(=O)O)cc1CN1CCOCC1C1CCCO1. The Morgan fingerprint density at radius 1 is 1.52 bits per heavy atom. The average molecular weight is 311 g/mol. The van der Waals surface area contributed by atoms with E-state index in [1.165, 1.54) is 11.3 Å². The average Bonchev–Trinajstić information content (AvgIpc) is 3.10. The van der Waals surface area contributed by atoms with Crippen molar-refractivity contribution in [2.75, 3.05) is 26.4 Å². The van der Waals surface area contributed by atoms with E-state index in [2.05, 4.69) is 4.90 Å². The van der Waals surface area contributed by atoms with Crippen molar-refractivity contribution < 1.29 is 19.4 Å². The lowest BCUT2D eigenvalue weighted by atomic mass is 10.0. The monoisotopic (exact) mass is 311 g/mol. The van der Waals surface area contributed by atoms with Gasteiger partial charge in [-0.1, -0.05) is 0 Å². The number of thiophene rings is 1. The van der Waals surface area contributed by atoms with Crippen LogP contribution >= 0.6 is 11.3 Å². The molecule has 2 unspecified atom stereocenters. The van der Waals surface area contributed by atoms with Crippen molar-refractivity contribution in [3.05, 3.63) is 21.4 Å². The van der Waals surface area contributed by atoms with Gasteiger partial charge in [0.25, 0.3) is 0 Å². The standard InChI is InChI=1S/C15H21NO4S/c1-10-11(7-14(21-10)15(17)18)8-16-4-6-19-9-12(16)13-3-2-5-20-13/h7,12-13H,2-6,8-9H2,1H3,(H,17,18). The van der Waals surface area contributed by atoms with Crippen LogP contribution in [0.3, 0.4) is 0 Å². The number of hydrogen-bond donors (Lipinski definition) is 1. The van der Waals surface area contributed by atoms with Gasteiger partial charge >= 0.3 is 5.97 Å². The summed E-state index contributed by atoms with van der Waals surface area (Å²) in [4.78, 5) is 15.0. The van der Waals surface area contributed by atoms with Gasteiger partial charge in [0.05, 0.1) is 25.4 Å². The molecule has 21 heavy (non-hydrogen) atoms. The Kier molecular flexibility index (Phi) is 4.59. The van der Waals surface area contributed by atoms with E-state index in [9.17, 15) is 4.79 Å². The van der Waals surface area contributed by atoms with E-state index in [-0.39, 0.29) is 12.1 Å². The Balaban J connectivity index is 1.73. The van der Waals surface area contributed by atoms with Crippen molar-refractivity contribution in [3.8, 4) is 0 Å². The normalized spacial score (nSPS) is 27.1. The van der Waals surface area contributed by atoms with Crippen molar-refractivity contribution in [2.45, 2.75) is 38.5 Å². The molecule has 0 aliphatic carbocycles.